The number of nitrogens with zero attached hydrogens (tertiary/aromatic N) is 1. The van der Waals surface area contributed by atoms with E-state index in [9.17, 15) is 18.0 Å². The lowest BCUT2D eigenvalue weighted by atomic mass is 10.0. The molecular weight excluding hydrogens is 377 g/mol. The minimum absolute atomic E-state index is 0.202. The number of carbonyl (C=O) groups is 1. The first-order chi connectivity index (χ1) is 12.7. The Morgan fingerprint density at radius 2 is 1.59 bits per heavy atom. The van der Waals surface area contributed by atoms with Crippen LogP contribution in [-0.2, 0) is 17.5 Å². The van der Waals surface area contributed by atoms with Gasteiger partial charge in [-0.1, -0.05) is 56.2 Å². The molecule has 0 saturated carbocycles. The summed E-state index contributed by atoms with van der Waals surface area (Å²) in [6.07, 6.45) is -1.95. The number of rotatable bonds is 7. The SMILES string of the molecule is CCCC[C@H](N)C(=O)N(Cl)Cc1ccc(-c2ccc(C(F)(F)F)cc2)cc1. The number of unbranched alkanes of at least 4 members (excludes halogenated alkanes) is 1. The van der Waals surface area contributed by atoms with Crippen molar-refractivity contribution in [2.45, 2.75) is 44.9 Å². The minimum atomic E-state index is -4.35. The van der Waals surface area contributed by atoms with Crippen LogP contribution in [0.1, 0.15) is 37.3 Å². The van der Waals surface area contributed by atoms with Crippen LogP contribution in [0.5, 0.6) is 0 Å². The van der Waals surface area contributed by atoms with Gasteiger partial charge in [-0.05, 0) is 35.2 Å². The number of amides is 1. The Balaban J connectivity index is 2.01. The van der Waals surface area contributed by atoms with Gasteiger partial charge in [-0.3, -0.25) is 4.79 Å². The van der Waals surface area contributed by atoms with E-state index in [1.165, 1.54) is 12.1 Å². The van der Waals surface area contributed by atoms with E-state index >= 15 is 0 Å². The quantitative estimate of drug-likeness (QED) is 0.637. The van der Waals surface area contributed by atoms with Gasteiger partial charge in [0.05, 0.1) is 18.2 Å². The maximum Gasteiger partial charge on any atom is 0.416 e. The summed E-state index contributed by atoms with van der Waals surface area (Å²) in [4.78, 5) is 12.1. The van der Waals surface area contributed by atoms with E-state index in [4.69, 9.17) is 17.5 Å². The fourth-order valence-corrected chi connectivity index (χ4v) is 2.88. The predicted octanol–water partition coefficient (Wildman–Crippen LogP) is 5.37. The zero-order valence-electron chi connectivity index (χ0n) is 15.0. The molecule has 1 amide bonds. The normalized spacial score (nSPS) is 12.7. The molecule has 0 heterocycles. The van der Waals surface area contributed by atoms with E-state index in [1.54, 1.807) is 24.3 Å². The topological polar surface area (TPSA) is 46.3 Å². The van der Waals surface area contributed by atoms with Crippen molar-refractivity contribution in [2.75, 3.05) is 0 Å². The van der Waals surface area contributed by atoms with E-state index in [0.29, 0.717) is 12.0 Å². The van der Waals surface area contributed by atoms with Crippen molar-refractivity contribution in [1.82, 2.24) is 4.42 Å². The Morgan fingerprint density at radius 3 is 2.07 bits per heavy atom. The summed E-state index contributed by atoms with van der Waals surface area (Å²) in [5, 5.41) is 0. The molecule has 2 rings (SSSR count). The van der Waals surface area contributed by atoms with Crippen LogP contribution in [0.3, 0.4) is 0 Å². The zero-order chi connectivity index (χ0) is 20.0. The third kappa shape index (κ3) is 5.97. The van der Waals surface area contributed by atoms with E-state index < -0.39 is 17.8 Å². The second-order valence-corrected chi connectivity index (χ2v) is 6.79. The molecular formula is C20H22ClF3N2O. The van der Waals surface area contributed by atoms with Crippen molar-refractivity contribution in [2.24, 2.45) is 5.73 Å². The fraction of sp³-hybridized carbons (Fsp3) is 0.350. The molecule has 2 N–H and O–H groups in total. The number of hydrogen-bond acceptors (Lipinski definition) is 2. The minimum Gasteiger partial charge on any atom is -0.320 e. The average molecular weight is 399 g/mol. The molecule has 0 aliphatic carbocycles. The first kappa shape index (κ1) is 21.3. The van der Waals surface area contributed by atoms with E-state index in [1.807, 2.05) is 6.92 Å². The van der Waals surface area contributed by atoms with Crippen molar-refractivity contribution < 1.29 is 18.0 Å². The van der Waals surface area contributed by atoms with Crippen LogP contribution in [0.4, 0.5) is 13.2 Å². The fourth-order valence-electron chi connectivity index (χ4n) is 2.62. The van der Waals surface area contributed by atoms with E-state index in [0.717, 1.165) is 40.5 Å². The largest absolute Gasteiger partial charge is 0.416 e. The van der Waals surface area contributed by atoms with Crippen molar-refractivity contribution >= 4 is 17.7 Å². The van der Waals surface area contributed by atoms with Gasteiger partial charge in [0.2, 0.25) is 0 Å². The molecule has 0 radical (unpaired) electrons. The van der Waals surface area contributed by atoms with Crippen molar-refractivity contribution in [3.05, 3.63) is 59.7 Å². The maximum atomic E-state index is 12.6. The van der Waals surface area contributed by atoms with Gasteiger partial charge in [0, 0.05) is 11.8 Å². The Morgan fingerprint density at radius 1 is 1.07 bits per heavy atom. The number of benzene rings is 2. The van der Waals surface area contributed by atoms with Crippen LogP contribution >= 0.6 is 11.8 Å². The summed E-state index contributed by atoms with van der Waals surface area (Å²) in [5.74, 6) is -0.322. The molecule has 7 heteroatoms. The van der Waals surface area contributed by atoms with E-state index in [-0.39, 0.29) is 12.5 Å². The monoisotopic (exact) mass is 398 g/mol. The van der Waals surface area contributed by atoms with Crippen molar-refractivity contribution in [3.63, 3.8) is 0 Å². The molecule has 0 spiro atoms. The van der Waals surface area contributed by atoms with Crippen LogP contribution in [0.15, 0.2) is 48.5 Å². The molecule has 2 aromatic carbocycles. The molecule has 0 bridgehead atoms. The Labute approximate surface area is 162 Å². The molecule has 1 atom stereocenters. The summed E-state index contributed by atoms with van der Waals surface area (Å²) in [6, 6.07) is 11.5. The smallest absolute Gasteiger partial charge is 0.320 e. The van der Waals surface area contributed by atoms with Gasteiger partial charge in [-0.15, -0.1) is 0 Å². The number of halogens is 4. The Bertz CT molecular complexity index is 745. The van der Waals surface area contributed by atoms with Crippen molar-refractivity contribution in [3.8, 4) is 11.1 Å². The first-order valence-electron chi connectivity index (χ1n) is 8.71. The predicted molar refractivity (Wildman–Crippen MR) is 101 cm³/mol. The number of alkyl halides is 3. The van der Waals surface area contributed by atoms with Crippen molar-refractivity contribution in [1.29, 1.82) is 0 Å². The van der Waals surface area contributed by atoms with Gasteiger partial charge in [-0.25, -0.2) is 4.42 Å². The molecule has 3 nitrogen and oxygen atoms in total. The number of nitrogens with two attached hydrogens (primary N) is 1. The van der Waals surface area contributed by atoms with Gasteiger partial charge in [0.15, 0.2) is 0 Å². The Hall–Kier alpha value is -2.05. The van der Waals surface area contributed by atoms with Crippen LogP contribution in [0.2, 0.25) is 0 Å². The van der Waals surface area contributed by atoms with Gasteiger partial charge < -0.3 is 5.73 Å². The summed E-state index contributed by atoms with van der Waals surface area (Å²) in [5.41, 5.74) is 7.42. The Kier molecular flexibility index (Phi) is 7.27. The summed E-state index contributed by atoms with van der Waals surface area (Å²) < 4.78 is 39.0. The number of hydrogen-bond donors (Lipinski definition) is 1. The third-order valence-corrected chi connectivity index (χ3v) is 4.53. The molecule has 0 fully saturated rings. The first-order valence-corrected chi connectivity index (χ1v) is 9.05. The molecule has 0 aromatic heterocycles. The lowest BCUT2D eigenvalue weighted by molar-refractivity contribution is -0.137. The lowest BCUT2D eigenvalue weighted by Gasteiger charge is -2.18. The highest BCUT2D eigenvalue weighted by Gasteiger charge is 2.29. The standard InChI is InChI=1S/C20H22ClF3N2O/c1-2-3-4-18(25)19(27)26(21)13-14-5-7-15(8-6-14)16-9-11-17(12-10-16)20(22,23)24/h5-12,18H,2-4,13,25H2,1H3/t18-/m0/s1. The van der Waals surface area contributed by atoms with Gasteiger partial charge in [-0.2, -0.15) is 13.2 Å². The second-order valence-electron chi connectivity index (χ2n) is 6.38. The summed E-state index contributed by atoms with van der Waals surface area (Å²) in [7, 11) is 0. The van der Waals surface area contributed by atoms with Gasteiger partial charge in [0.1, 0.15) is 0 Å². The lowest BCUT2D eigenvalue weighted by Crippen LogP contribution is -2.38. The van der Waals surface area contributed by atoms with Crippen LogP contribution in [-0.4, -0.2) is 16.4 Å². The molecule has 27 heavy (non-hydrogen) atoms. The summed E-state index contributed by atoms with van der Waals surface area (Å²) in [6.45, 7) is 2.22. The van der Waals surface area contributed by atoms with Gasteiger partial charge >= 0.3 is 6.18 Å². The second kappa shape index (κ2) is 9.24. The molecule has 0 unspecified atom stereocenters. The molecule has 2 aromatic rings. The summed E-state index contributed by atoms with van der Waals surface area (Å²) >= 11 is 6.05. The van der Waals surface area contributed by atoms with Gasteiger partial charge in [0.25, 0.3) is 5.91 Å². The molecule has 0 aliphatic heterocycles. The van der Waals surface area contributed by atoms with Crippen LogP contribution in [0.25, 0.3) is 11.1 Å². The zero-order valence-corrected chi connectivity index (χ0v) is 15.7. The van der Waals surface area contributed by atoms with E-state index in [2.05, 4.69) is 0 Å². The molecule has 0 aliphatic rings. The maximum absolute atomic E-state index is 12.6. The highest BCUT2D eigenvalue weighted by Crippen LogP contribution is 2.31. The molecule has 0 saturated heterocycles. The highest BCUT2D eigenvalue weighted by atomic mass is 35.5. The highest BCUT2D eigenvalue weighted by molar-refractivity contribution is 6.21. The molecule has 146 valence electrons. The number of carbonyl (C=O) groups excluding carboxylic acids is 1. The third-order valence-electron chi connectivity index (χ3n) is 4.25. The van der Waals surface area contributed by atoms with Crippen LogP contribution < -0.4 is 5.73 Å². The van der Waals surface area contributed by atoms with Crippen LogP contribution in [0, 0.1) is 0 Å². The average Bonchev–Trinajstić information content (AvgIpc) is 2.65.